The lowest BCUT2D eigenvalue weighted by molar-refractivity contribution is 0.0197. The van der Waals surface area contributed by atoms with Crippen LogP contribution in [0.2, 0.25) is 0 Å². The topological polar surface area (TPSA) is 42.4 Å². The van der Waals surface area contributed by atoms with Crippen molar-refractivity contribution >= 4 is 6.09 Å². The summed E-state index contributed by atoms with van der Waals surface area (Å²) < 4.78 is 5.45. The molecule has 1 amide bonds. The zero-order valence-electron chi connectivity index (χ0n) is 12.8. The van der Waals surface area contributed by atoms with Gasteiger partial charge in [0.15, 0.2) is 0 Å². The van der Waals surface area contributed by atoms with Crippen molar-refractivity contribution in [1.82, 2.24) is 9.88 Å². The third-order valence-electron chi connectivity index (χ3n) is 3.40. The smallest absolute Gasteiger partial charge is 0.410 e. The lowest BCUT2D eigenvalue weighted by atomic mass is 9.94. The van der Waals surface area contributed by atoms with Crippen molar-refractivity contribution in [3.63, 3.8) is 0 Å². The molecule has 0 N–H and O–H groups in total. The van der Waals surface area contributed by atoms with Gasteiger partial charge in [-0.25, -0.2) is 4.79 Å². The molecular formula is C16H24N2O2. The molecule has 0 bridgehead atoms. The number of amides is 1. The summed E-state index contributed by atoms with van der Waals surface area (Å²) in [7, 11) is 0. The van der Waals surface area contributed by atoms with Crippen LogP contribution < -0.4 is 0 Å². The lowest BCUT2D eigenvalue weighted by Crippen LogP contribution is -2.42. The number of pyridine rings is 1. The molecule has 1 aromatic rings. The van der Waals surface area contributed by atoms with E-state index in [0.717, 1.165) is 30.8 Å². The van der Waals surface area contributed by atoms with Crippen LogP contribution >= 0.6 is 0 Å². The van der Waals surface area contributed by atoms with E-state index in [1.54, 1.807) is 0 Å². The zero-order chi connectivity index (χ0) is 14.8. The first-order chi connectivity index (χ1) is 9.35. The molecule has 1 saturated heterocycles. The number of likely N-dealkylation sites (tertiary alicyclic amines) is 1. The zero-order valence-corrected chi connectivity index (χ0v) is 12.8. The van der Waals surface area contributed by atoms with E-state index in [2.05, 4.69) is 11.1 Å². The first kappa shape index (κ1) is 14.8. The second-order valence-corrected chi connectivity index (χ2v) is 6.47. The maximum atomic E-state index is 12.1. The number of aryl methyl sites for hydroxylation is 1. The van der Waals surface area contributed by atoms with Gasteiger partial charge in [0.2, 0.25) is 0 Å². The fourth-order valence-electron chi connectivity index (χ4n) is 2.50. The maximum absolute atomic E-state index is 12.1. The van der Waals surface area contributed by atoms with Crippen molar-refractivity contribution in [2.24, 2.45) is 0 Å². The molecule has 4 nitrogen and oxygen atoms in total. The largest absolute Gasteiger partial charge is 0.444 e. The van der Waals surface area contributed by atoms with Gasteiger partial charge in [-0.1, -0.05) is 6.07 Å². The molecule has 0 radical (unpaired) electrons. The molecule has 2 heterocycles. The van der Waals surface area contributed by atoms with E-state index in [1.165, 1.54) is 0 Å². The Balaban J connectivity index is 2.03. The minimum atomic E-state index is -0.439. The molecule has 1 aliphatic heterocycles. The molecule has 1 atom stereocenters. The monoisotopic (exact) mass is 276 g/mol. The number of aromatic nitrogens is 1. The van der Waals surface area contributed by atoms with Gasteiger partial charge in [-0.05, 0) is 52.7 Å². The molecule has 4 heteroatoms. The summed E-state index contributed by atoms with van der Waals surface area (Å²) in [5, 5.41) is 0. The predicted molar refractivity (Wildman–Crippen MR) is 78.8 cm³/mol. The summed E-state index contributed by atoms with van der Waals surface area (Å²) in [5.74, 6) is 0.316. The summed E-state index contributed by atoms with van der Waals surface area (Å²) in [6, 6.07) is 6.08. The van der Waals surface area contributed by atoms with Crippen molar-refractivity contribution in [3.05, 3.63) is 29.6 Å². The van der Waals surface area contributed by atoms with E-state index in [0.29, 0.717) is 12.5 Å². The Labute approximate surface area is 121 Å². The molecule has 0 aliphatic carbocycles. The SMILES string of the molecule is Cc1cccc([C@@H]2CCCN(C(=O)OC(C)(C)C)C2)n1. The molecule has 0 saturated carbocycles. The lowest BCUT2D eigenvalue weighted by Gasteiger charge is -2.34. The predicted octanol–water partition coefficient (Wildman–Crippen LogP) is 3.50. The summed E-state index contributed by atoms with van der Waals surface area (Å²) in [5.41, 5.74) is 1.67. The quantitative estimate of drug-likeness (QED) is 0.788. The minimum Gasteiger partial charge on any atom is -0.444 e. The highest BCUT2D eigenvalue weighted by Gasteiger charge is 2.28. The van der Waals surface area contributed by atoms with Crippen LogP contribution in [0, 0.1) is 6.92 Å². The average molecular weight is 276 g/mol. The molecule has 0 unspecified atom stereocenters. The Morgan fingerprint density at radius 1 is 1.40 bits per heavy atom. The van der Waals surface area contributed by atoms with Crippen LogP contribution in [0.15, 0.2) is 18.2 Å². The van der Waals surface area contributed by atoms with Gasteiger partial charge >= 0.3 is 6.09 Å². The number of carbonyl (C=O) groups is 1. The van der Waals surface area contributed by atoms with Crippen LogP contribution in [0.25, 0.3) is 0 Å². The van der Waals surface area contributed by atoms with Crippen molar-refractivity contribution < 1.29 is 9.53 Å². The number of piperidine rings is 1. The van der Waals surface area contributed by atoms with Gasteiger partial charge in [0.25, 0.3) is 0 Å². The normalized spacial score (nSPS) is 19.8. The van der Waals surface area contributed by atoms with Crippen molar-refractivity contribution in [2.45, 2.75) is 52.1 Å². The van der Waals surface area contributed by atoms with Crippen molar-refractivity contribution in [3.8, 4) is 0 Å². The Bertz CT molecular complexity index is 480. The molecule has 1 aliphatic rings. The van der Waals surface area contributed by atoms with Gasteiger partial charge in [-0.15, -0.1) is 0 Å². The van der Waals surface area contributed by atoms with E-state index in [4.69, 9.17) is 4.74 Å². The van der Waals surface area contributed by atoms with Gasteiger partial charge < -0.3 is 9.64 Å². The van der Waals surface area contributed by atoms with Crippen LogP contribution in [0.3, 0.4) is 0 Å². The van der Waals surface area contributed by atoms with E-state index in [9.17, 15) is 4.79 Å². The fourth-order valence-corrected chi connectivity index (χ4v) is 2.50. The van der Waals surface area contributed by atoms with Gasteiger partial charge in [0.1, 0.15) is 5.60 Å². The molecule has 110 valence electrons. The first-order valence-electron chi connectivity index (χ1n) is 7.26. The van der Waals surface area contributed by atoms with E-state index < -0.39 is 5.60 Å². The van der Waals surface area contributed by atoms with Crippen molar-refractivity contribution in [1.29, 1.82) is 0 Å². The summed E-state index contributed by atoms with van der Waals surface area (Å²) in [6.45, 7) is 9.16. The molecular weight excluding hydrogens is 252 g/mol. The van der Waals surface area contributed by atoms with Crippen LogP contribution in [0.1, 0.15) is 50.9 Å². The van der Waals surface area contributed by atoms with Crippen LogP contribution in [0.5, 0.6) is 0 Å². The molecule has 1 aromatic heterocycles. The summed E-state index contributed by atoms with van der Waals surface area (Å²) in [6.07, 6.45) is 1.87. The first-order valence-corrected chi connectivity index (χ1v) is 7.26. The summed E-state index contributed by atoms with van der Waals surface area (Å²) in [4.78, 5) is 18.5. The third kappa shape index (κ3) is 3.95. The number of rotatable bonds is 1. The number of nitrogens with zero attached hydrogens (tertiary/aromatic N) is 2. The standard InChI is InChI=1S/C16H24N2O2/c1-12-7-5-9-14(17-12)13-8-6-10-18(11-13)15(19)20-16(2,3)4/h5,7,9,13H,6,8,10-11H2,1-4H3/t13-/m1/s1. The number of ether oxygens (including phenoxy) is 1. The van der Waals surface area contributed by atoms with Crippen LogP contribution in [-0.4, -0.2) is 34.7 Å². The number of carbonyl (C=O) groups excluding carboxylic acids is 1. The highest BCUT2D eigenvalue weighted by atomic mass is 16.6. The minimum absolute atomic E-state index is 0.213. The molecule has 1 fully saturated rings. The summed E-state index contributed by atoms with van der Waals surface area (Å²) >= 11 is 0. The van der Waals surface area contributed by atoms with E-state index in [1.807, 2.05) is 44.7 Å². The number of hydrogen-bond acceptors (Lipinski definition) is 3. The third-order valence-corrected chi connectivity index (χ3v) is 3.40. The Hall–Kier alpha value is -1.58. The van der Waals surface area contributed by atoms with Gasteiger partial charge in [0.05, 0.1) is 0 Å². The van der Waals surface area contributed by atoms with E-state index >= 15 is 0 Å². The number of hydrogen-bond donors (Lipinski definition) is 0. The average Bonchev–Trinajstić information content (AvgIpc) is 2.37. The van der Waals surface area contributed by atoms with Gasteiger partial charge in [-0.3, -0.25) is 4.98 Å². The molecule has 0 aromatic carbocycles. The van der Waals surface area contributed by atoms with Gasteiger partial charge in [0, 0.05) is 30.4 Å². The molecule has 0 spiro atoms. The van der Waals surface area contributed by atoms with Gasteiger partial charge in [-0.2, -0.15) is 0 Å². The highest BCUT2D eigenvalue weighted by molar-refractivity contribution is 5.68. The van der Waals surface area contributed by atoms with Crippen molar-refractivity contribution in [2.75, 3.05) is 13.1 Å². The van der Waals surface area contributed by atoms with E-state index in [-0.39, 0.29) is 6.09 Å². The fraction of sp³-hybridized carbons (Fsp3) is 0.625. The Morgan fingerprint density at radius 2 is 2.15 bits per heavy atom. The maximum Gasteiger partial charge on any atom is 0.410 e. The van der Waals surface area contributed by atoms with Crippen LogP contribution in [-0.2, 0) is 4.74 Å². The Morgan fingerprint density at radius 3 is 2.80 bits per heavy atom. The molecule has 20 heavy (non-hydrogen) atoms. The second kappa shape index (κ2) is 5.81. The highest BCUT2D eigenvalue weighted by Crippen LogP contribution is 2.26. The molecule has 2 rings (SSSR count). The van der Waals surface area contributed by atoms with Crippen LogP contribution in [0.4, 0.5) is 4.79 Å². The second-order valence-electron chi connectivity index (χ2n) is 6.47. The Kier molecular flexibility index (Phi) is 4.31.